The standard InChI is InChI=1S/C14H12BrF3N2/c1-8(2)11-7-12(20-13(15)19-11)9-5-3-4-6-10(9)14(16,17)18/h3-8H,1-2H3. The van der Waals surface area contributed by atoms with E-state index in [1.807, 2.05) is 13.8 Å². The van der Waals surface area contributed by atoms with E-state index >= 15 is 0 Å². The van der Waals surface area contributed by atoms with Crippen molar-refractivity contribution in [3.63, 3.8) is 0 Å². The van der Waals surface area contributed by atoms with Gasteiger partial charge in [0.15, 0.2) is 4.73 Å². The fourth-order valence-corrected chi connectivity index (χ4v) is 2.22. The lowest BCUT2D eigenvalue weighted by molar-refractivity contribution is -0.137. The van der Waals surface area contributed by atoms with Gasteiger partial charge in [-0.2, -0.15) is 13.2 Å². The molecule has 2 aromatic rings. The van der Waals surface area contributed by atoms with Gasteiger partial charge in [0.05, 0.1) is 11.3 Å². The largest absolute Gasteiger partial charge is 0.417 e. The number of benzene rings is 1. The second-order valence-corrected chi connectivity index (χ2v) is 5.35. The molecule has 0 radical (unpaired) electrons. The minimum atomic E-state index is -4.41. The molecule has 0 fully saturated rings. The maximum Gasteiger partial charge on any atom is 0.417 e. The Morgan fingerprint density at radius 3 is 2.35 bits per heavy atom. The number of aromatic nitrogens is 2. The first kappa shape index (κ1) is 15.0. The summed E-state index contributed by atoms with van der Waals surface area (Å²) in [6.07, 6.45) is -4.41. The van der Waals surface area contributed by atoms with Crippen molar-refractivity contribution >= 4 is 15.9 Å². The van der Waals surface area contributed by atoms with E-state index in [0.717, 1.165) is 6.07 Å². The minimum Gasteiger partial charge on any atom is -0.227 e. The van der Waals surface area contributed by atoms with Crippen LogP contribution in [0.3, 0.4) is 0 Å². The van der Waals surface area contributed by atoms with Crippen LogP contribution in [0.4, 0.5) is 13.2 Å². The molecule has 2 nitrogen and oxygen atoms in total. The van der Waals surface area contributed by atoms with Crippen molar-refractivity contribution in [1.82, 2.24) is 9.97 Å². The third-order valence-corrected chi connectivity index (χ3v) is 3.17. The quantitative estimate of drug-likeness (QED) is 0.712. The van der Waals surface area contributed by atoms with Crippen molar-refractivity contribution in [2.24, 2.45) is 0 Å². The van der Waals surface area contributed by atoms with Crippen LogP contribution in [0.1, 0.15) is 31.0 Å². The zero-order chi connectivity index (χ0) is 14.9. The molecule has 0 amide bonds. The number of halogens is 4. The van der Waals surface area contributed by atoms with Crippen LogP contribution in [0.5, 0.6) is 0 Å². The van der Waals surface area contributed by atoms with Gasteiger partial charge in [-0.3, -0.25) is 0 Å². The van der Waals surface area contributed by atoms with Gasteiger partial charge in [0.1, 0.15) is 0 Å². The summed E-state index contributed by atoms with van der Waals surface area (Å²) < 4.78 is 39.4. The third-order valence-electron chi connectivity index (χ3n) is 2.82. The molecule has 0 atom stereocenters. The van der Waals surface area contributed by atoms with Gasteiger partial charge in [-0.25, -0.2) is 9.97 Å². The van der Waals surface area contributed by atoms with Crippen molar-refractivity contribution in [2.75, 3.05) is 0 Å². The van der Waals surface area contributed by atoms with Gasteiger partial charge in [-0.1, -0.05) is 32.0 Å². The maximum absolute atomic E-state index is 13.0. The van der Waals surface area contributed by atoms with Gasteiger partial charge in [-0.15, -0.1) is 0 Å². The lowest BCUT2D eigenvalue weighted by atomic mass is 10.0. The van der Waals surface area contributed by atoms with Crippen LogP contribution >= 0.6 is 15.9 Å². The van der Waals surface area contributed by atoms with Crippen LogP contribution in [0.2, 0.25) is 0 Å². The number of alkyl halides is 3. The topological polar surface area (TPSA) is 25.8 Å². The van der Waals surface area contributed by atoms with E-state index in [0.29, 0.717) is 5.69 Å². The van der Waals surface area contributed by atoms with E-state index in [4.69, 9.17) is 0 Å². The molecular formula is C14H12BrF3N2. The number of rotatable bonds is 2. The monoisotopic (exact) mass is 344 g/mol. The average Bonchev–Trinajstić information content (AvgIpc) is 2.37. The summed E-state index contributed by atoms with van der Waals surface area (Å²) in [6, 6.07) is 7.00. The molecule has 0 unspecified atom stereocenters. The van der Waals surface area contributed by atoms with Crippen LogP contribution < -0.4 is 0 Å². The Kier molecular flexibility index (Phi) is 4.13. The molecular weight excluding hydrogens is 333 g/mol. The molecule has 0 aliphatic heterocycles. The summed E-state index contributed by atoms with van der Waals surface area (Å²) in [5.74, 6) is 0.103. The second-order valence-electron chi connectivity index (χ2n) is 4.65. The summed E-state index contributed by atoms with van der Waals surface area (Å²) >= 11 is 3.15. The zero-order valence-corrected chi connectivity index (χ0v) is 12.5. The fraction of sp³-hybridized carbons (Fsp3) is 0.286. The Morgan fingerprint density at radius 2 is 1.75 bits per heavy atom. The Hall–Kier alpha value is -1.43. The third kappa shape index (κ3) is 3.17. The van der Waals surface area contributed by atoms with Crippen LogP contribution in [0, 0.1) is 0 Å². The van der Waals surface area contributed by atoms with Gasteiger partial charge in [0.2, 0.25) is 0 Å². The normalized spacial score (nSPS) is 11.9. The van der Waals surface area contributed by atoms with Crippen LogP contribution in [0.15, 0.2) is 35.1 Å². The van der Waals surface area contributed by atoms with Gasteiger partial charge in [-0.05, 0) is 34.0 Å². The molecule has 106 valence electrons. The van der Waals surface area contributed by atoms with Crippen molar-refractivity contribution in [3.8, 4) is 11.3 Å². The molecule has 2 rings (SSSR count). The highest BCUT2D eigenvalue weighted by atomic mass is 79.9. The fourth-order valence-electron chi connectivity index (χ4n) is 1.82. The zero-order valence-electron chi connectivity index (χ0n) is 10.9. The molecule has 0 N–H and O–H groups in total. The number of hydrogen-bond donors (Lipinski definition) is 0. The number of nitrogens with zero attached hydrogens (tertiary/aromatic N) is 2. The summed E-state index contributed by atoms with van der Waals surface area (Å²) in [5.41, 5.74) is 0.327. The first-order valence-corrected chi connectivity index (χ1v) is 6.79. The smallest absolute Gasteiger partial charge is 0.227 e. The first-order valence-electron chi connectivity index (χ1n) is 6.00. The predicted octanol–water partition coefficient (Wildman–Crippen LogP) is 5.05. The number of hydrogen-bond acceptors (Lipinski definition) is 2. The van der Waals surface area contributed by atoms with E-state index in [2.05, 4.69) is 25.9 Å². The van der Waals surface area contributed by atoms with E-state index in [9.17, 15) is 13.2 Å². The van der Waals surface area contributed by atoms with E-state index < -0.39 is 11.7 Å². The summed E-state index contributed by atoms with van der Waals surface area (Å²) in [4.78, 5) is 8.24. The van der Waals surface area contributed by atoms with Crippen molar-refractivity contribution in [2.45, 2.75) is 25.9 Å². The molecule has 1 aromatic heterocycles. The molecule has 20 heavy (non-hydrogen) atoms. The highest BCUT2D eigenvalue weighted by Crippen LogP contribution is 2.36. The van der Waals surface area contributed by atoms with Crippen molar-refractivity contribution < 1.29 is 13.2 Å². The molecule has 0 saturated carbocycles. The molecule has 0 spiro atoms. The average molecular weight is 345 g/mol. The van der Waals surface area contributed by atoms with E-state index in [1.165, 1.54) is 12.1 Å². The summed E-state index contributed by atoms with van der Waals surface area (Å²) in [7, 11) is 0. The van der Waals surface area contributed by atoms with E-state index in [-0.39, 0.29) is 21.9 Å². The Balaban J connectivity index is 2.63. The SMILES string of the molecule is CC(C)c1cc(-c2ccccc2C(F)(F)F)nc(Br)n1. The van der Waals surface area contributed by atoms with Gasteiger partial charge >= 0.3 is 6.18 Å². The molecule has 0 aliphatic rings. The van der Waals surface area contributed by atoms with Gasteiger partial charge < -0.3 is 0 Å². The van der Waals surface area contributed by atoms with Crippen molar-refractivity contribution in [3.05, 3.63) is 46.3 Å². The lowest BCUT2D eigenvalue weighted by Gasteiger charge is -2.13. The summed E-state index contributed by atoms with van der Waals surface area (Å²) in [6.45, 7) is 3.85. The predicted molar refractivity (Wildman–Crippen MR) is 74.3 cm³/mol. The summed E-state index contributed by atoms with van der Waals surface area (Å²) in [5, 5.41) is 0. The molecule has 0 saturated heterocycles. The Bertz CT molecular complexity index is 624. The highest BCUT2D eigenvalue weighted by molar-refractivity contribution is 9.10. The molecule has 6 heteroatoms. The highest BCUT2D eigenvalue weighted by Gasteiger charge is 2.33. The molecule has 1 aromatic carbocycles. The minimum absolute atomic E-state index is 0.0602. The van der Waals surface area contributed by atoms with Gasteiger partial charge in [0, 0.05) is 11.3 Å². The van der Waals surface area contributed by atoms with Gasteiger partial charge in [0.25, 0.3) is 0 Å². The molecule has 0 aliphatic carbocycles. The second kappa shape index (κ2) is 5.52. The van der Waals surface area contributed by atoms with Crippen LogP contribution in [0.25, 0.3) is 11.3 Å². The molecule has 1 heterocycles. The maximum atomic E-state index is 13.0. The first-order chi connectivity index (χ1) is 9.29. The Labute approximate surface area is 123 Å². The Morgan fingerprint density at radius 1 is 1.10 bits per heavy atom. The van der Waals surface area contributed by atoms with Crippen molar-refractivity contribution in [1.29, 1.82) is 0 Å². The lowest BCUT2D eigenvalue weighted by Crippen LogP contribution is -2.08. The van der Waals surface area contributed by atoms with E-state index in [1.54, 1.807) is 12.1 Å². The van der Waals surface area contributed by atoms with Crippen LogP contribution in [-0.2, 0) is 6.18 Å². The van der Waals surface area contributed by atoms with Crippen LogP contribution in [-0.4, -0.2) is 9.97 Å². The molecule has 0 bridgehead atoms.